The molecule has 0 bridgehead atoms. The summed E-state index contributed by atoms with van der Waals surface area (Å²) in [4.78, 5) is 40.5. The molecule has 2 aromatic rings. The van der Waals surface area contributed by atoms with Crippen molar-refractivity contribution in [3.8, 4) is 0 Å². The van der Waals surface area contributed by atoms with Gasteiger partial charge >= 0.3 is 5.97 Å². The summed E-state index contributed by atoms with van der Waals surface area (Å²) >= 11 is 0. The molecule has 6 atom stereocenters. The Balaban J connectivity index is 1.37. The lowest BCUT2D eigenvalue weighted by atomic mass is 9.45. The summed E-state index contributed by atoms with van der Waals surface area (Å²) in [5, 5.41) is 21.4. The number of nitrogen functional groups attached to an aromatic ring is 1. The number of nitrogens with one attached hydrogen (secondary N) is 1. The van der Waals surface area contributed by atoms with E-state index in [4.69, 9.17) is 15.5 Å². The fraction of sp³-hybridized carbons (Fsp3) is 0.464. The number of aliphatic imine (C=N–C) groups is 1. The van der Waals surface area contributed by atoms with Crippen molar-refractivity contribution >= 4 is 29.7 Å². The number of ether oxygens (including phenoxy) is 1. The van der Waals surface area contributed by atoms with E-state index < -0.39 is 23.0 Å². The Hall–Kier alpha value is -3.83. The Morgan fingerprint density at radius 3 is 2.90 bits per heavy atom. The first-order chi connectivity index (χ1) is 18.6. The molecule has 11 heteroatoms. The maximum Gasteiger partial charge on any atom is 0.343 e. The highest BCUT2D eigenvalue weighted by Crippen LogP contribution is 2.61. The number of hydrogen-bond acceptors (Lipinski definition) is 9. The number of esters is 1. The second kappa shape index (κ2) is 9.13. The summed E-state index contributed by atoms with van der Waals surface area (Å²) in [6.45, 7) is 4.79. The van der Waals surface area contributed by atoms with E-state index in [0.717, 1.165) is 12.1 Å². The Kier molecular flexibility index (Phi) is 5.96. The van der Waals surface area contributed by atoms with E-state index in [9.17, 15) is 19.8 Å². The van der Waals surface area contributed by atoms with Crippen LogP contribution in [0.2, 0.25) is 0 Å². The maximum atomic E-state index is 12.7. The van der Waals surface area contributed by atoms with Crippen molar-refractivity contribution in [3.05, 3.63) is 64.1 Å². The molecule has 4 aliphatic rings. The zero-order chi connectivity index (χ0) is 27.5. The molecule has 11 nitrogen and oxygen atoms in total. The number of hydrogen-bond donors (Lipinski definition) is 4. The molecule has 0 radical (unpaired) electrons. The normalized spacial score (nSPS) is 34.8. The van der Waals surface area contributed by atoms with Crippen LogP contribution in [0.25, 0.3) is 6.08 Å². The smallest absolute Gasteiger partial charge is 0.343 e. The van der Waals surface area contributed by atoms with E-state index in [-0.39, 0.29) is 47.0 Å². The second-order valence-corrected chi connectivity index (χ2v) is 11.5. The molecular weight excluding hydrogens is 500 g/mol. The van der Waals surface area contributed by atoms with Crippen LogP contribution in [0.5, 0.6) is 0 Å². The van der Waals surface area contributed by atoms with E-state index in [1.165, 1.54) is 12.3 Å². The van der Waals surface area contributed by atoms with E-state index >= 15 is 0 Å². The number of aromatic amines is 1. The largest absolute Gasteiger partial charge is 0.423 e. The van der Waals surface area contributed by atoms with Gasteiger partial charge in [-0.05, 0) is 48.7 Å². The Morgan fingerprint density at radius 2 is 2.13 bits per heavy atom. The molecule has 2 aliphatic carbocycles. The Labute approximate surface area is 224 Å². The van der Waals surface area contributed by atoms with Crippen LogP contribution in [0.1, 0.15) is 38.7 Å². The van der Waals surface area contributed by atoms with Crippen molar-refractivity contribution in [3.63, 3.8) is 0 Å². The summed E-state index contributed by atoms with van der Waals surface area (Å²) in [5.74, 6) is 0.437. The molecule has 4 heterocycles. The topological polar surface area (TPSA) is 169 Å². The third-order valence-electron chi connectivity index (χ3n) is 9.39. The highest BCUT2D eigenvalue weighted by molar-refractivity contribution is 5.96. The van der Waals surface area contributed by atoms with Gasteiger partial charge in [0, 0.05) is 42.2 Å². The Bertz CT molecular complexity index is 1520. The van der Waals surface area contributed by atoms with Crippen molar-refractivity contribution in [2.45, 2.75) is 45.8 Å². The minimum atomic E-state index is -0.679. The van der Waals surface area contributed by atoms with Gasteiger partial charge < -0.3 is 25.3 Å². The average Bonchev–Trinajstić information content (AvgIpc) is 3.51. The fourth-order valence-corrected chi connectivity index (χ4v) is 7.12. The predicted octanol–water partition coefficient (Wildman–Crippen LogP) is 2.13. The van der Waals surface area contributed by atoms with Crippen LogP contribution in [-0.4, -0.2) is 54.1 Å². The summed E-state index contributed by atoms with van der Waals surface area (Å²) in [5.41, 5.74) is 5.75. The molecule has 5 N–H and O–H groups in total. The van der Waals surface area contributed by atoms with Gasteiger partial charge in [-0.3, -0.25) is 9.78 Å². The Morgan fingerprint density at radius 1 is 1.31 bits per heavy atom. The van der Waals surface area contributed by atoms with Crippen molar-refractivity contribution in [1.82, 2.24) is 19.5 Å². The number of nitrogens with two attached hydrogens (primary N) is 1. The van der Waals surface area contributed by atoms with Crippen LogP contribution in [-0.2, 0) is 16.1 Å². The molecule has 2 fully saturated rings. The van der Waals surface area contributed by atoms with Gasteiger partial charge in [0.25, 0.3) is 5.56 Å². The lowest BCUT2D eigenvalue weighted by Gasteiger charge is -2.61. The molecule has 6 rings (SSSR count). The van der Waals surface area contributed by atoms with E-state index in [0.29, 0.717) is 30.9 Å². The first-order valence-corrected chi connectivity index (χ1v) is 13.2. The first-order valence-electron chi connectivity index (χ1n) is 13.2. The summed E-state index contributed by atoms with van der Waals surface area (Å²) in [6, 6.07) is 0. The number of aromatic nitrogens is 4. The van der Waals surface area contributed by atoms with Crippen LogP contribution < -0.4 is 11.3 Å². The number of nitrogens with zero attached hydrogens (tertiary/aromatic N) is 4. The predicted molar refractivity (Wildman–Crippen MR) is 144 cm³/mol. The average molecular weight is 533 g/mol. The molecule has 2 saturated carbocycles. The molecule has 0 aromatic carbocycles. The molecule has 0 spiro atoms. The van der Waals surface area contributed by atoms with Crippen molar-refractivity contribution in [2.24, 2.45) is 33.6 Å². The summed E-state index contributed by atoms with van der Waals surface area (Å²) in [7, 11) is 0. The van der Waals surface area contributed by atoms with Gasteiger partial charge in [0.15, 0.2) is 5.95 Å². The summed E-state index contributed by atoms with van der Waals surface area (Å²) in [6.07, 6.45) is 13.3. The molecule has 39 heavy (non-hydrogen) atoms. The number of allylic oxidation sites excluding steroid dienone is 2. The van der Waals surface area contributed by atoms with Crippen molar-refractivity contribution in [1.29, 1.82) is 0 Å². The standard InChI is InChI=1S/C28H32N6O5/c1-27-6-5-22(36)28(2,14-35)21(27)11-20-18(13-34-8-7-30-26(34)32-20)19(27)4-3-15-9-17(39-24(15)38)10-16-12-31-25(29)33-23(16)37/h3-4,7-10,12,18-19,21-22,35-36H,5-6,11,13-14H2,1-2H3,(H3,29,31,33,37)/t18?,19?,21?,22-,27-,28+/m1/s1. The zero-order valence-corrected chi connectivity index (χ0v) is 21.9. The highest BCUT2D eigenvalue weighted by atomic mass is 16.5. The lowest BCUT2D eigenvalue weighted by Crippen LogP contribution is -2.60. The minimum absolute atomic E-state index is 0.00461. The first kappa shape index (κ1) is 25.4. The summed E-state index contributed by atoms with van der Waals surface area (Å²) < 4.78 is 7.45. The van der Waals surface area contributed by atoms with Crippen LogP contribution in [0.3, 0.4) is 0 Å². The number of aliphatic hydroxyl groups is 2. The van der Waals surface area contributed by atoms with E-state index in [1.54, 1.807) is 18.3 Å². The van der Waals surface area contributed by atoms with Crippen LogP contribution in [0.4, 0.5) is 11.9 Å². The second-order valence-electron chi connectivity index (χ2n) is 11.5. The zero-order valence-electron chi connectivity index (χ0n) is 21.9. The highest BCUT2D eigenvalue weighted by Gasteiger charge is 2.60. The molecule has 2 aromatic heterocycles. The number of aliphatic hydroxyl groups excluding tert-OH is 2. The lowest BCUT2D eigenvalue weighted by molar-refractivity contribution is -0.147. The van der Waals surface area contributed by atoms with Crippen molar-refractivity contribution in [2.75, 3.05) is 12.3 Å². The maximum absolute atomic E-state index is 12.7. The number of cyclic esters (lactones) is 1. The van der Waals surface area contributed by atoms with Crippen molar-refractivity contribution < 1.29 is 19.7 Å². The number of carbonyl (C=O) groups excluding carboxylic acids is 1. The molecule has 0 saturated heterocycles. The van der Waals surface area contributed by atoms with Crippen LogP contribution >= 0.6 is 0 Å². The van der Waals surface area contributed by atoms with E-state index in [1.807, 2.05) is 17.7 Å². The van der Waals surface area contributed by atoms with Gasteiger partial charge in [0.2, 0.25) is 5.95 Å². The number of fused-ring (bicyclic) bond motifs is 3. The number of anilines is 1. The van der Waals surface area contributed by atoms with Gasteiger partial charge in [-0.1, -0.05) is 26.0 Å². The van der Waals surface area contributed by atoms with Gasteiger partial charge in [0.05, 0.1) is 23.8 Å². The number of imidazole rings is 1. The van der Waals surface area contributed by atoms with E-state index in [2.05, 4.69) is 28.0 Å². The minimum Gasteiger partial charge on any atom is -0.423 e. The number of carbonyl (C=O) groups is 1. The number of H-pyrrole nitrogens is 1. The quantitative estimate of drug-likeness (QED) is 0.434. The fourth-order valence-electron chi connectivity index (χ4n) is 7.12. The molecule has 0 amide bonds. The molecule has 204 valence electrons. The monoisotopic (exact) mass is 532 g/mol. The van der Waals surface area contributed by atoms with Gasteiger partial charge in [0.1, 0.15) is 5.76 Å². The molecule has 3 unspecified atom stereocenters. The molecule has 2 aliphatic heterocycles. The SMILES string of the molecule is C[C@]12CC[C@@H](O)[C@@](C)(CO)C1CC1=Nc3nccn3CC1C2C=CC1=CC(=Cc2cnc(N)[nH]c2=O)OC1=O. The van der Waals surface area contributed by atoms with Gasteiger partial charge in [-0.2, -0.15) is 0 Å². The van der Waals surface area contributed by atoms with Gasteiger partial charge in [-0.25, -0.2) is 19.8 Å². The third kappa shape index (κ3) is 4.07. The van der Waals surface area contributed by atoms with Gasteiger partial charge in [-0.15, -0.1) is 0 Å². The number of rotatable bonds is 4. The van der Waals surface area contributed by atoms with Crippen LogP contribution in [0.15, 0.2) is 57.9 Å². The third-order valence-corrected chi connectivity index (χ3v) is 9.39. The molecular formula is C28H32N6O5. The van der Waals surface area contributed by atoms with Crippen LogP contribution in [0, 0.1) is 28.6 Å².